The van der Waals surface area contributed by atoms with E-state index in [1.54, 1.807) is 4.57 Å². The Hall–Kier alpha value is -2.63. The van der Waals surface area contributed by atoms with Crippen molar-refractivity contribution in [3.05, 3.63) is 48.0 Å². The molecule has 0 bridgehead atoms. The number of aliphatic hydroxyl groups is 3. The SMILES string of the molecule is CC(C)(C)c1ccc(CO[C@@H]2CCC[C@H]2Nc2ncnc3c2ncn3[C@@H]2O[C@H](CO)[C@@H](O)[C@H]2O)cc1. The molecule has 3 aromatic rings. The molecule has 0 spiro atoms. The maximum absolute atomic E-state index is 10.4. The van der Waals surface area contributed by atoms with Crippen LogP contribution in [0.5, 0.6) is 0 Å². The van der Waals surface area contributed by atoms with Gasteiger partial charge in [0.1, 0.15) is 24.6 Å². The van der Waals surface area contributed by atoms with E-state index in [2.05, 4.69) is 65.3 Å². The smallest absolute Gasteiger partial charge is 0.167 e. The Balaban J connectivity index is 1.28. The summed E-state index contributed by atoms with van der Waals surface area (Å²) in [5.74, 6) is 0.584. The molecule has 1 aliphatic carbocycles. The van der Waals surface area contributed by atoms with E-state index in [9.17, 15) is 15.3 Å². The highest BCUT2D eigenvalue weighted by molar-refractivity contribution is 5.82. The van der Waals surface area contributed by atoms with Crippen LogP contribution in [0.3, 0.4) is 0 Å². The van der Waals surface area contributed by atoms with Gasteiger partial charge in [-0.2, -0.15) is 0 Å². The molecule has 10 heteroatoms. The number of imidazole rings is 1. The molecule has 1 aromatic carbocycles. The van der Waals surface area contributed by atoms with Crippen molar-refractivity contribution < 1.29 is 24.8 Å². The molecule has 0 amide bonds. The van der Waals surface area contributed by atoms with E-state index in [1.807, 2.05) is 0 Å². The van der Waals surface area contributed by atoms with Crippen LogP contribution < -0.4 is 5.32 Å². The molecule has 4 N–H and O–H groups in total. The molecule has 0 unspecified atom stereocenters. The standard InChI is InChI=1S/C26H35N5O5/c1-26(2,3)16-9-7-15(8-10-16)12-35-18-6-4-5-17(18)30-23-20-24(28-13-27-23)31(14-29-20)25-22(34)21(33)19(11-32)36-25/h7-10,13-14,17-19,21-22,25,32-34H,4-6,11-12H2,1-3H3,(H,27,28,30)/t17-,18-,19-,21-,22-,25-/m1/s1. The summed E-state index contributed by atoms with van der Waals surface area (Å²) < 4.78 is 13.5. The van der Waals surface area contributed by atoms with Gasteiger partial charge in [0.15, 0.2) is 23.2 Å². The molecule has 0 radical (unpaired) electrons. The lowest BCUT2D eigenvalue weighted by atomic mass is 9.87. The van der Waals surface area contributed by atoms with Crippen LogP contribution in [0.4, 0.5) is 5.82 Å². The average Bonchev–Trinajstić information content (AvgIpc) is 3.56. The molecule has 1 saturated heterocycles. The summed E-state index contributed by atoms with van der Waals surface area (Å²) in [6, 6.07) is 8.69. The van der Waals surface area contributed by atoms with Crippen molar-refractivity contribution in [1.29, 1.82) is 0 Å². The van der Waals surface area contributed by atoms with E-state index >= 15 is 0 Å². The molecule has 2 fully saturated rings. The zero-order valence-corrected chi connectivity index (χ0v) is 20.9. The normalized spacial score (nSPS) is 28.7. The fourth-order valence-electron chi connectivity index (χ4n) is 5.02. The third kappa shape index (κ3) is 4.83. The van der Waals surface area contributed by atoms with Gasteiger partial charge >= 0.3 is 0 Å². The van der Waals surface area contributed by atoms with E-state index in [0.717, 1.165) is 24.8 Å². The predicted octanol–water partition coefficient (Wildman–Crippen LogP) is 2.29. The Bertz CT molecular complexity index is 1180. The topological polar surface area (TPSA) is 135 Å². The number of aliphatic hydroxyl groups excluding tert-OH is 3. The van der Waals surface area contributed by atoms with Crippen molar-refractivity contribution in [2.24, 2.45) is 0 Å². The lowest BCUT2D eigenvalue weighted by molar-refractivity contribution is -0.0511. The van der Waals surface area contributed by atoms with E-state index in [4.69, 9.17) is 9.47 Å². The van der Waals surface area contributed by atoms with Crippen LogP contribution in [0.25, 0.3) is 11.2 Å². The van der Waals surface area contributed by atoms with Crippen LogP contribution in [-0.4, -0.2) is 71.9 Å². The zero-order chi connectivity index (χ0) is 25.4. The van der Waals surface area contributed by atoms with Gasteiger partial charge in [-0.25, -0.2) is 15.0 Å². The van der Waals surface area contributed by atoms with E-state index in [1.165, 1.54) is 18.2 Å². The fourth-order valence-corrected chi connectivity index (χ4v) is 5.02. The minimum Gasteiger partial charge on any atom is -0.394 e. The molecule has 2 aromatic heterocycles. The van der Waals surface area contributed by atoms with Gasteiger partial charge in [-0.3, -0.25) is 4.57 Å². The van der Waals surface area contributed by atoms with Gasteiger partial charge in [0, 0.05) is 0 Å². The second-order valence-corrected chi connectivity index (χ2v) is 10.8. The number of fused-ring (bicyclic) bond motifs is 1. The number of hydrogen-bond donors (Lipinski definition) is 4. The van der Waals surface area contributed by atoms with Crippen LogP contribution in [0.1, 0.15) is 57.4 Å². The van der Waals surface area contributed by atoms with Gasteiger partial charge in [-0.05, 0) is 35.8 Å². The van der Waals surface area contributed by atoms with Crippen LogP contribution in [0.2, 0.25) is 0 Å². The highest BCUT2D eigenvalue weighted by atomic mass is 16.6. The molecule has 10 nitrogen and oxygen atoms in total. The molecule has 1 aliphatic heterocycles. The largest absolute Gasteiger partial charge is 0.394 e. The van der Waals surface area contributed by atoms with E-state index in [-0.39, 0.29) is 17.6 Å². The van der Waals surface area contributed by atoms with Gasteiger partial charge in [0.2, 0.25) is 0 Å². The molecular weight excluding hydrogens is 462 g/mol. The van der Waals surface area contributed by atoms with E-state index in [0.29, 0.717) is 23.6 Å². The summed E-state index contributed by atoms with van der Waals surface area (Å²) in [5.41, 5.74) is 3.58. The third-order valence-corrected chi connectivity index (χ3v) is 7.21. The lowest BCUT2D eigenvalue weighted by Gasteiger charge is -2.23. The van der Waals surface area contributed by atoms with Gasteiger partial charge < -0.3 is 30.1 Å². The van der Waals surface area contributed by atoms with Gasteiger partial charge in [-0.15, -0.1) is 0 Å². The Morgan fingerprint density at radius 2 is 1.86 bits per heavy atom. The van der Waals surface area contributed by atoms with Crippen molar-refractivity contribution in [1.82, 2.24) is 19.5 Å². The van der Waals surface area contributed by atoms with Gasteiger partial charge in [0.05, 0.1) is 31.7 Å². The molecule has 2 aliphatic rings. The number of hydrogen-bond acceptors (Lipinski definition) is 9. The Morgan fingerprint density at radius 3 is 2.56 bits per heavy atom. The molecule has 194 valence electrons. The molecule has 6 atom stereocenters. The number of nitrogens with zero attached hydrogens (tertiary/aromatic N) is 4. The number of nitrogens with one attached hydrogen (secondary N) is 1. The highest BCUT2D eigenvalue weighted by Crippen LogP contribution is 2.33. The molecule has 1 saturated carbocycles. The van der Waals surface area contributed by atoms with Crippen LogP contribution >= 0.6 is 0 Å². The number of anilines is 1. The first kappa shape index (κ1) is 25.0. The summed E-state index contributed by atoms with van der Waals surface area (Å²) in [4.78, 5) is 13.2. The monoisotopic (exact) mass is 497 g/mol. The minimum atomic E-state index is -1.21. The number of benzene rings is 1. The van der Waals surface area contributed by atoms with Crippen molar-refractivity contribution >= 4 is 17.0 Å². The summed E-state index contributed by atoms with van der Waals surface area (Å²) in [6.45, 7) is 6.77. The van der Waals surface area contributed by atoms with Crippen LogP contribution in [0, 0.1) is 0 Å². The summed E-state index contributed by atoms with van der Waals surface area (Å²) in [7, 11) is 0. The Morgan fingerprint density at radius 1 is 1.08 bits per heavy atom. The molecule has 5 rings (SSSR count). The number of aromatic nitrogens is 4. The minimum absolute atomic E-state index is 0.0415. The van der Waals surface area contributed by atoms with Crippen molar-refractivity contribution in [2.45, 2.75) is 88.7 Å². The lowest BCUT2D eigenvalue weighted by Crippen LogP contribution is -2.33. The Labute approximate surface area is 210 Å². The maximum Gasteiger partial charge on any atom is 0.167 e. The summed E-state index contributed by atoms with van der Waals surface area (Å²) in [6.07, 6.45) is 1.77. The number of ether oxygens (including phenoxy) is 2. The first-order valence-corrected chi connectivity index (χ1v) is 12.5. The third-order valence-electron chi connectivity index (χ3n) is 7.21. The second-order valence-electron chi connectivity index (χ2n) is 10.8. The van der Waals surface area contributed by atoms with Crippen molar-refractivity contribution in [2.75, 3.05) is 11.9 Å². The molecular formula is C26H35N5O5. The first-order chi connectivity index (χ1) is 17.3. The van der Waals surface area contributed by atoms with Gasteiger partial charge in [0.25, 0.3) is 0 Å². The Kier molecular flexibility index (Phi) is 6.97. The average molecular weight is 498 g/mol. The zero-order valence-electron chi connectivity index (χ0n) is 20.9. The molecule has 36 heavy (non-hydrogen) atoms. The van der Waals surface area contributed by atoms with E-state index < -0.39 is 31.1 Å². The van der Waals surface area contributed by atoms with Crippen LogP contribution in [-0.2, 0) is 21.5 Å². The quantitative estimate of drug-likeness (QED) is 0.388. The maximum atomic E-state index is 10.4. The second kappa shape index (κ2) is 10.0. The van der Waals surface area contributed by atoms with Crippen LogP contribution in [0.15, 0.2) is 36.9 Å². The van der Waals surface area contributed by atoms with Crippen molar-refractivity contribution in [3.8, 4) is 0 Å². The van der Waals surface area contributed by atoms with Crippen molar-refractivity contribution in [3.63, 3.8) is 0 Å². The summed E-state index contributed by atoms with van der Waals surface area (Å²) in [5, 5.41) is 33.4. The number of rotatable bonds is 7. The first-order valence-electron chi connectivity index (χ1n) is 12.5. The highest BCUT2D eigenvalue weighted by Gasteiger charge is 2.44. The molecule has 3 heterocycles. The van der Waals surface area contributed by atoms with Gasteiger partial charge in [-0.1, -0.05) is 45.0 Å². The fraction of sp³-hybridized carbons (Fsp3) is 0.577. The predicted molar refractivity (Wildman–Crippen MR) is 133 cm³/mol. The summed E-state index contributed by atoms with van der Waals surface area (Å²) >= 11 is 0.